The minimum absolute atomic E-state index is 0.285. The van der Waals surface area contributed by atoms with Gasteiger partial charge in [-0.25, -0.2) is 0 Å². The van der Waals surface area contributed by atoms with Gasteiger partial charge in [-0.05, 0) is 12.8 Å². The van der Waals surface area contributed by atoms with Gasteiger partial charge in [0.1, 0.15) is 4.49 Å². The third-order valence-corrected chi connectivity index (χ3v) is 1.10. The number of hydrogen-bond acceptors (Lipinski definition) is 1. The highest BCUT2D eigenvalue weighted by Crippen LogP contribution is 2.08. The summed E-state index contributed by atoms with van der Waals surface area (Å²) in [5, 5.41) is 8.09. The summed E-state index contributed by atoms with van der Waals surface area (Å²) in [6, 6.07) is 2.03. The van der Waals surface area contributed by atoms with Crippen LogP contribution in [-0.4, -0.2) is 0 Å². The molecular weight excluding hydrogens is 157 g/mol. The van der Waals surface area contributed by atoms with Crippen LogP contribution in [0.3, 0.4) is 0 Å². The van der Waals surface area contributed by atoms with Crippen LogP contribution in [0.5, 0.6) is 0 Å². The lowest BCUT2D eigenvalue weighted by atomic mass is 10.2. The van der Waals surface area contributed by atoms with Gasteiger partial charge in [-0.3, -0.25) is 0 Å². The average molecular weight is 164 g/mol. The molecule has 0 spiro atoms. The molecule has 0 N–H and O–H groups in total. The lowest BCUT2D eigenvalue weighted by molar-refractivity contribution is 0.876. The SMILES string of the molecule is N#CCCCC=C(Cl)Cl. The Kier molecular flexibility index (Phi) is 5.81. The first-order chi connectivity index (χ1) is 4.27. The van der Waals surface area contributed by atoms with Crippen molar-refractivity contribution in [1.82, 2.24) is 0 Å². The van der Waals surface area contributed by atoms with Crippen molar-refractivity contribution in [1.29, 1.82) is 5.26 Å². The van der Waals surface area contributed by atoms with E-state index in [-0.39, 0.29) is 4.49 Å². The van der Waals surface area contributed by atoms with Crippen LogP contribution in [0.4, 0.5) is 0 Å². The monoisotopic (exact) mass is 163 g/mol. The molecule has 0 rings (SSSR count). The molecular formula is C6H7Cl2N. The van der Waals surface area contributed by atoms with Crippen LogP contribution in [0.15, 0.2) is 10.6 Å². The molecule has 3 heteroatoms. The Hall–Kier alpha value is -0.190. The van der Waals surface area contributed by atoms with E-state index >= 15 is 0 Å². The maximum Gasteiger partial charge on any atom is 0.102 e. The highest BCUT2D eigenvalue weighted by molar-refractivity contribution is 6.55. The van der Waals surface area contributed by atoms with E-state index in [4.69, 9.17) is 28.5 Å². The molecule has 0 aliphatic carbocycles. The number of halogens is 2. The highest BCUT2D eigenvalue weighted by Gasteiger charge is 1.83. The molecule has 0 radical (unpaired) electrons. The van der Waals surface area contributed by atoms with Crippen molar-refractivity contribution < 1.29 is 0 Å². The molecule has 0 aliphatic rings. The van der Waals surface area contributed by atoms with Crippen LogP contribution < -0.4 is 0 Å². The molecule has 0 fully saturated rings. The van der Waals surface area contributed by atoms with Gasteiger partial charge in [0.2, 0.25) is 0 Å². The predicted octanol–water partition coefficient (Wildman–Crippen LogP) is 3.00. The Labute approximate surface area is 64.9 Å². The van der Waals surface area contributed by atoms with Crippen molar-refractivity contribution in [2.45, 2.75) is 19.3 Å². The van der Waals surface area contributed by atoms with Crippen LogP contribution in [0, 0.1) is 11.3 Å². The fourth-order valence-electron chi connectivity index (χ4n) is 0.392. The molecule has 0 atom stereocenters. The summed E-state index contributed by atoms with van der Waals surface area (Å²) in [6.45, 7) is 0. The third kappa shape index (κ3) is 7.81. The molecule has 0 heterocycles. The Morgan fingerprint density at radius 1 is 1.56 bits per heavy atom. The van der Waals surface area contributed by atoms with E-state index in [1.807, 2.05) is 6.07 Å². The largest absolute Gasteiger partial charge is 0.198 e. The normalized spacial score (nSPS) is 8.11. The molecule has 9 heavy (non-hydrogen) atoms. The lowest BCUT2D eigenvalue weighted by Crippen LogP contribution is -1.67. The lowest BCUT2D eigenvalue weighted by Gasteiger charge is -1.84. The maximum absolute atomic E-state index is 8.09. The van der Waals surface area contributed by atoms with E-state index in [2.05, 4.69) is 0 Å². The fraction of sp³-hybridized carbons (Fsp3) is 0.500. The van der Waals surface area contributed by atoms with Crippen LogP contribution in [-0.2, 0) is 0 Å². The zero-order valence-electron chi connectivity index (χ0n) is 4.90. The average Bonchev–Trinajstić information content (AvgIpc) is 1.80. The molecule has 0 aliphatic heterocycles. The molecule has 0 saturated carbocycles. The molecule has 0 aromatic heterocycles. The number of hydrogen-bond donors (Lipinski definition) is 0. The first-order valence-corrected chi connectivity index (χ1v) is 3.41. The molecule has 0 saturated heterocycles. The quantitative estimate of drug-likeness (QED) is 0.588. The Balaban J connectivity index is 3.12. The van der Waals surface area contributed by atoms with E-state index in [0.29, 0.717) is 6.42 Å². The minimum Gasteiger partial charge on any atom is -0.198 e. The molecule has 0 amide bonds. The van der Waals surface area contributed by atoms with E-state index in [0.717, 1.165) is 12.8 Å². The summed E-state index contributed by atoms with van der Waals surface area (Å²) in [6.07, 6.45) is 3.88. The summed E-state index contributed by atoms with van der Waals surface area (Å²) in [5.41, 5.74) is 0. The molecule has 0 unspecified atom stereocenters. The molecule has 0 bridgehead atoms. The van der Waals surface area contributed by atoms with Gasteiger partial charge >= 0.3 is 0 Å². The van der Waals surface area contributed by atoms with Gasteiger partial charge in [0, 0.05) is 6.42 Å². The number of allylic oxidation sites excluding steroid dienone is 1. The second kappa shape index (κ2) is 5.94. The topological polar surface area (TPSA) is 23.8 Å². The second-order valence-corrected chi connectivity index (χ2v) is 2.55. The summed E-state index contributed by atoms with van der Waals surface area (Å²) in [4.78, 5) is 0. The van der Waals surface area contributed by atoms with Crippen molar-refractivity contribution in [2.24, 2.45) is 0 Å². The number of nitriles is 1. The van der Waals surface area contributed by atoms with Gasteiger partial charge < -0.3 is 0 Å². The van der Waals surface area contributed by atoms with E-state index in [1.165, 1.54) is 0 Å². The van der Waals surface area contributed by atoms with Crippen LogP contribution in [0.2, 0.25) is 0 Å². The standard InChI is InChI=1S/C6H7Cl2N/c7-6(8)4-2-1-3-5-9/h4H,1-3H2. The third-order valence-electron chi connectivity index (χ3n) is 0.791. The van der Waals surface area contributed by atoms with Crippen molar-refractivity contribution in [3.63, 3.8) is 0 Å². The first-order valence-electron chi connectivity index (χ1n) is 2.65. The van der Waals surface area contributed by atoms with Gasteiger partial charge in [0.15, 0.2) is 0 Å². The van der Waals surface area contributed by atoms with E-state index in [9.17, 15) is 0 Å². The van der Waals surface area contributed by atoms with Crippen molar-refractivity contribution >= 4 is 23.2 Å². The predicted molar refractivity (Wildman–Crippen MR) is 39.3 cm³/mol. The molecule has 0 aromatic rings. The first kappa shape index (κ1) is 8.81. The zero-order chi connectivity index (χ0) is 7.11. The van der Waals surface area contributed by atoms with Crippen LogP contribution in [0.1, 0.15) is 19.3 Å². The second-order valence-electron chi connectivity index (χ2n) is 1.54. The van der Waals surface area contributed by atoms with Crippen LogP contribution in [0.25, 0.3) is 0 Å². The Morgan fingerprint density at radius 2 is 2.22 bits per heavy atom. The van der Waals surface area contributed by atoms with Gasteiger partial charge in [0.25, 0.3) is 0 Å². The summed E-state index contributed by atoms with van der Waals surface area (Å²) in [7, 11) is 0. The van der Waals surface area contributed by atoms with E-state index in [1.54, 1.807) is 6.08 Å². The summed E-state index contributed by atoms with van der Waals surface area (Å²) >= 11 is 10.6. The van der Waals surface area contributed by atoms with Crippen molar-refractivity contribution in [3.8, 4) is 6.07 Å². The van der Waals surface area contributed by atoms with Crippen molar-refractivity contribution in [3.05, 3.63) is 10.6 Å². The fourth-order valence-corrected chi connectivity index (χ4v) is 0.611. The van der Waals surface area contributed by atoms with Crippen molar-refractivity contribution in [2.75, 3.05) is 0 Å². The Morgan fingerprint density at radius 3 is 2.67 bits per heavy atom. The van der Waals surface area contributed by atoms with E-state index < -0.39 is 0 Å². The Bertz CT molecular complexity index is 130. The number of rotatable bonds is 3. The smallest absolute Gasteiger partial charge is 0.102 e. The number of unbranched alkanes of at least 4 members (excludes halogenated alkanes) is 2. The van der Waals surface area contributed by atoms with Gasteiger partial charge in [-0.2, -0.15) is 5.26 Å². The number of nitrogens with zero attached hydrogens (tertiary/aromatic N) is 1. The minimum atomic E-state index is 0.285. The summed E-state index contributed by atoms with van der Waals surface area (Å²) < 4.78 is 0.285. The van der Waals surface area contributed by atoms with Gasteiger partial charge in [0.05, 0.1) is 6.07 Å². The molecule has 0 aromatic carbocycles. The zero-order valence-corrected chi connectivity index (χ0v) is 6.41. The molecule has 50 valence electrons. The van der Waals surface area contributed by atoms with Crippen LogP contribution >= 0.6 is 23.2 Å². The highest BCUT2D eigenvalue weighted by atomic mass is 35.5. The van der Waals surface area contributed by atoms with Gasteiger partial charge in [-0.15, -0.1) is 0 Å². The summed E-state index contributed by atoms with van der Waals surface area (Å²) in [5.74, 6) is 0. The maximum atomic E-state index is 8.09. The van der Waals surface area contributed by atoms with Gasteiger partial charge in [-0.1, -0.05) is 29.3 Å². The molecule has 1 nitrogen and oxygen atoms in total.